The topological polar surface area (TPSA) is 84.2 Å². The van der Waals surface area contributed by atoms with Crippen molar-refractivity contribution in [2.24, 2.45) is 0 Å². The van der Waals surface area contributed by atoms with Crippen molar-refractivity contribution in [2.75, 3.05) is 0 Å². The second-order valence-corrected chi connectivity index (χ2v) is 7.41. The van der Waals surface area contributed by atoms with Crippen molar-refractivity contribution in [3.05, 3.63) is 34.3 Å². The van der Waals surface area contributed by atoms with Gasteiger partial charge in [-0.3, -0.25) is 0 Å². The van der Waals surface area contributed by atoms with Crippen LogP contribution in [0.25, 0.3) is 0 Å². The van der Waals surface area contributed by atoms with Crippen molar-refractivity contribution in [3.63, 3.8) is 0 Å². The van der Waals surface area contributed by atoms with Crippen LogP contribution in [-0.4, -0.2) is 19.6 Å². The van der Waals surface area contributed by atoms with E-state index in [1.807, 2.05) is 0 Å². The van der Waals surface area contributed by atoms with Crippen LogP contribution < -0.4 is 10.0 Å². The third kappa shape index (κ3) is 3.26. The molecule has 1 aliphatic carbocycles. The van der Waals surface area contributed by atoms with E-state index in [2.05, 4.69) is 19.7 Å². The molecule has 0 saturated heterocycles. The molecule has 6 nitrogen and oxygen atoms in total. The first-order valence-electron chi connectivity index (χ1n) is 6.34. The highest BCUT2D eigenvalue weighted by Gasteiger charge is 2.23. The van der Waals surface area contributed by atoms with Gasteiger partial charge in [0, 0.05) is 23.5 Å². The predicted octanol–water partition coefficient (Wildman–Crippen LogP) is 1.47. The van der Waals surface area contributed by atoms with Gasteiger partial charge in [0.1, 0.15) is 6.26 Å². The van der Waals surface area contributed by atoms with Crippen LogP contribution in [0.1, 0.15) is 23.4 Å². The quantitative estimate of drug-likeness (QED) is 0.808. The normalized spacial score (nSPS) is 15.6. The molecular formula is C12H15N3O3S2. The first-order valence-corrected chi connectivity index (χ1v) is 8.70. The Balaban J connectivity index is 1.68. The summed E-state index contributed by atoms with van der Waals surface area (Å²) in [4.78, 5) is 1.18. The molecule has 0 atom stereocenters. The van der Waals surface area contributed by atoms with Crippen LogP contribution in [0.15, 0.2) is 33.2 Å². The van der Waals surface area contributed by atoms with Gasteiger partial charge >= 0.3 is 0 Å². The Labute approximate surface area is 121 Å². The van der Waals surface area contributed by atoms with E-state index in [0.717, 1.165) is 4.88 Å². The van der Waals surface area contributed by atoms with Gasteiger partial charge in [-0.15, -0.1) is 11.3 Å². The smallest absolute Gasteiger partial charge is 0.242 e. The number of sulfonamides is 1. The summed E-state index contributed by atoms with van der Waals surface area (Å²) in [6, 6.07) is 3.82. The molecule has 108 valence electrons. The van der Waals surface area contributed by atoms with Gasteiger partial charge in [-0.05, 0) is 24.3 Å². The lowest BCUT2D eigenvalue weighted by Gasteiger charge is -2.07. The molecule has 0 spiro atoms. The molecule has 0 bridgehead atoms. The Morgan fingerprint density at radius 3 is 2.90 bits per heavy atom. The van der Waals surface area contributed by atoms with Crippen LogP contribution in [0.3, 0.4) is 0 Å². The molecule has 1 fully saturated rings. The molecule has 2 N–H and O–H groups in total. The summed E-state index contributed by atoms with van der Waals surface area (Å²) in [5, 5.41) is 8.81. The van der Waals surface area contributed by atoms with Gasteiger partial charge in [-0.2, -0.15) is 0 Å². The van der Waals surface area contributed by atoms with Gasteiger partial charge in [-0.1, -0.05) is 5.16 Å². The first-order chi connectivity index (χ1) is 9.65. The molecule has 0 amide bonds. The minimum atomic E-state index is -3.51. The number of hydrogen-bond donors (Lipinski definition) is 2. The summed E-state index contributed by atoms with van der Waals surface area (Å²) in [6.07, 6.45) is 3.77. The Morgan fingerprint density at radius 2 is 2.20 bits per heavy atom. The number of rotatable bonds is 7. The molecule has 3 rings (SSSR count). The maximum absolute atomic E-state index is 12.3. The molecule has 20 heavy (non-hydrogen) atoms. The molecule has 1 saturated carbocycles. The Bertz CT molecular complexity index is 660. The summed E-state index contributed by atoms with van der Waals surface area (Å²) < 4.78 is 31.8. The highest BCUT2D eigenvalue weighted by molar-refractivity contribution is 7.89. The molecule has 0 radical (unpaired) electrons. The summed E-state index contributed by atoms with van der Waals surface area (Å²) in [7, 11) is -3.51. The lowest BCUT2D eigenvalue weighted by molar-refractivity contribution is 0.411. The van der Waals surface area contributed by atoms with Crippen molar-refractivity contribution in [1.82, 2.24) is 15.2 Å². The third-order valence-corrected chi connectivity index (χ3v) is 5.59. The third-order valence-electron chi connectivity index (χ3n) is 3.06. The van der Waals surface area contributed by atoms with E-state index < -0.39 is 10.0 Å². The number of nitrogens with one attached hydrogen (secondary N) is 2. The Kier molecular flexibility index (Phi) is 3.88. The van der Waals surface area contributed by atoms with Crippen LogP contribution in [0, 0.1) is 0 Å². The molecule has 2 aromatic heterocycles. The van der Waals surface area contributed by atoms with E-state index in [-0.39, 0.29) is 6.54 Å². The van der Waals surface area contributed by atoms with E-state index >= 15 is 0 Å². The zero-order valence-electron chi connectivity index (χ0n) is 10.7. The Morgan fingerprint density at radius 1 is 1.35 bits per heavy atom. The summed E-state index contributed by atoms with van der Waals surface area (Å²) in [5.74, 6) is 0. The molecule has 2 heterocycles. The number of hydrogen-bond acceptors (Lipinski definition) is 6. The summed E-state index contributed by atoms with van der Waals surface area (Å²) >= 11 is 1.45. The SMILES string of the molecule is O=S(=O)(NCc1ccon1)c1ccsc1CNC1CC1. The first kappa shape index (κ1) is 13.7. The average molecular weight is 313 g/mol. The molecule has 0 aromatic carbocycles. The van der Waals surface area contributed by atoms with Crippen LogP contribution >= 0.6 is 11.3 Å². The van der Waals surface area contributed by atoms with Crippen molar-refractivity contribution >= 4 is 21.4 Å². The molecular weight excluding hydrogens is 298 g/mol. The van der Waals surface area contributed by atoms with E-state index in [1.54, 1.807) is 17.5 Å². The second kappa shape index (κ2) is 5.65. The monoisotopic (exact) mass is 313 g/mol. The van der Waals surface area contributed by atoms with Gasteiger partial charge < -0.3 is 9.84 Å². The predicted molar refractivity (Wildman–Crippen MR) is 74.7 cm³/mol. The highest BCUT2D eigenvalue weighted by atomic mass is 32.2. The largest absolute Gasteiger partial charge is 0.364 e. The minimum absolute atomic E-state index is 0.129. The van der Waals surface area contributed by atoms with Crippen LogP contribution in [0.5, 0.6) is 0 Å². The second-order valence-electron chi connectivity index (χ2n) is 4.68. The van der Waals surface area contributed by atoms with Gasteiger partial charge in [-0.25, -0.2) is 13.1 Å². The molecule has 2 aromatic rings. The maximum Gasteiger partial charge on any atom is 0.242 e. The fraction of sp³-hybridized carbons (Fsp3) is 0.417. The number of aromatic nitrogens is 1. The van der Waals surface area contributed by atoms with E-state index in [0.29, 0.717) is 23.2 Å². The molecule has 0 aliphatic heterocycles. The van der Waals surface area contributed by atoms with Gasteiger partial charge in [0.2, 0.25) is 10.0 Å². The fourth-order valence-electron chi connectivity index (χ4n) is 1.80. The zero-order chi connectivity index (χ0) is 14.0. The van der Waals surface area contributed by atoms with Crippen molar-refractivity contribution in [1.29, 1.82) is 0 Å². The van der Waals surface area contributed by atoms with Crippen molar-refractivity contribution in [3.8, 4) is 0 Å². The zero-order valence-corrected chi connectivity index (χ0v) is 12.3. The van der Waals surface area contributed by atoms with Crippen LogP contribution in [0.4, 0.5) is 0 Å². The maximum atomic E-state index is 12.3. The molecule has 1 aliphatic rings. The van der Waals surface area contributed by atoms with E-state index in [9.17, 15) is 8.42 Å². The van der Waals surface area contributed by atoms with Gasteiger partial charge in [0.05, 0.1) is 17.1 Å². The van der Waals surface area contributed by atoms with E-state index in [1.165, 1.54) is 30.4 Å². The van der Waals surface area contributed by atoms with Gasteiger partial charge in [0.15, 0.2) is 0 Å². The lowest BCUT2D eigenvalue weighted by atomic mass is 10.4. The van der Waals surface area contributed by atoms with E-state index in [4.69, 9.17) is 0 Å². The summed E-state index contributed by atoms with van der Waals surface area (Å²) in [5.41, 5.74) is 0.557. The average Bonchev–Trinajstić information content (AvgIpc) is 2.94. The Hall–Kier alpha value is -1.22. The van der Waals surface area contributed by atoms with Gasteiger partial charge in [0.25, 0.3) is 0 Å². The van der Waals surface area contributed by atoms with Crippen LogP contribution in [0.2, 0.25) is 0 Å². The highest BCUT2D eigenvalue weighted by Crippen LogP contribution is 2.24. The lowest BCUT2D eigenvalue weighted by Crippen LogP contribution is -2.25. The summed E-state index contributed by atoms with van der Waals surface area (Å²) in [6.45, 7) is 0.729. The number of thiophene rings is 1. The molecule has 0 unspecified atom stereocenters. The molecule has 8 heteroatoms. The fourth-order valence-corrected chi connectivity index (χ4v) is 4.19. The minimum Gasteiger partial charge on any atom is -0.364 e. The number of nitrogens with zero attached hydrogens (tertiary/aromatic N) is 1. The standard InChI is InChI=1S/C12H15N3O3S2/c16-20(17,14-7-10-3-5-18-15-10)12-4-6-19-11(12)8-13-9-1-2-9/h3-6,9,13-14H,1-2,7-8H2. The van der Waals surface area contributed by atoms with Crippen molar-refractivity contribution < 1.29 is 12.9 Å². The van der Waals surface area contributed by atoms with Crippen molar-refractivity contribution in [2.45, 2.75) is 36.9 Å². The van der Waals surface area contributed by atoms with Crippen LogP contribution in [-0.2, 0) is 23.1 Å².